The third-order valence-electron chi connectivity index (χ3n) is 22.7. The van der Waals surface area contributed by atoms with Gasteiger partial charge in [0.05, 0.1) is 82.5 Å². The SMILES string of the molecule is CCS(=O)(=O)N1CC(CC#N)(n2cc(-c3nc(Nc4ccc(C(=O)NCCCCNc5cccc6c5C(=O)N(C5CCC(=O)N(C)C5=O)C6=O)cc4)nc4c3ccn4CCS(=O)(=O)N3CC(CC#N)(n4cc(-c5nc(Nc6ccc(C(=O)NCCCCNc7ccc8c(c7)C(=O)N(C7CCC(=O)NC7=O)C8=O)cc6)nc6[nH]ccc56)cn4)C3)cn2)C1. The number of amides is 10. The number of aryl methyl sites for hydroxylation is 1. The minimum atomic E-state index is -4.04. The molecule has 0 radical (unpaired) electrons. The number of hydrogen-bond donors (Lipinski definition) is 8. The van der Waals surface area contributed by atoms with Crippen LogP contribution in [0.15, 0.2) is 134 Å². The topological polar surface area (TPSA) is 495 Å². The van der Waals surface area contributed by atoms with Crippen LogP contribution >= 0.6 is 0 Å². The number of nitrogens with one attached hydrogen (secondary N) is 8. The van der Waals surface area contributed by atoms with Crippen LogP contribution in [0.1, 0.15) is 133 Å². The normalized spacial score (nSPS) is 17.7. The highest BCUT2D eigenvalue weighted by Gasteiger charge is 2.53. The van der Waals surface area contributed by atoms with Crippen molar-refractivity contribution >= 4 is 136 Å². The van der Waals surface area contributed by atoms with E-state index in [4.69, 9.17) is 20.1 Å². The number of piperidine rings is 2. The summed E-state index contributed by atoms with van der Waals surface area (Å²) in [5, 5.41) is 51.7. The third kappa shape index (κ3) is 15.6. The number of imide groups is 4. The van der Waals surface area contributed by atoms with E-state index in [9.17, 15) is 75.3 Å². The maximum atomic E-state index is 14.5. The minimum absolute atomic E-state index is 0.0210. The van der Waals surface area contributed by atoms with Crippen LogP contribution < -0.4 is 37.2 Å². The van der Waals surface area contributed by atoms with Crippen LogP contribution in [0.25, 0.3) is 44.6 Å². The number of carbonyl (C=O) groups excluding carboxylic acids is 10. The predicted molar refractivity (Wildman–Crippen MR) is 437 cm³/mol. The Morgan fingerprint density at radius 3 is 1.75 bits per heavy atom. The molecule has 4 fully saturated rings. The summed E-state index contributed by atoms with van der Waals surface area (Å²) in [5.74, 6) is -5.38. The van der Waals surface area contributed by atoms with Crippen molar-refractivity contribution in [3.8, 4) is 34.7 Å². The molecule has 0 bridgehead atoms. The van der Waals surface area contributed by atoms with Crippen LogP contribution in [0.3, 0.4) is 0 Å². The fourth-order valence-electron chi connectivity index (χ4n) is 15.9. The van der Waals surface area contributed by atoms with Crippen LogP contribution in [0.4, 0.5) is 34.6 Å². The number of likely N-dealkylation sites (tertiary alicyclic amines) is 1. The summed E-state index contributed by atoms with van der Waals surface area (Å²) in [6.45, 7) is 2.91. The van der Waals surface area contributed by atoms with Gasteiger partial charge in [-0.05, 0) is 136 Å². The molecule has 38 nitrogen and oxygen atoms in total. The van der Waals surface area contributed by atoms with E-state index in [1.165, 1.54) is 27.8 Å². The maximum absolute atomic E-state index is 14.5. The van der Waals surface area contributed by atoms with Crippen molar-refractivity contribution in [1.82, 2.24) is 88.3 Å². The zero-order valence-corrected chi connectivity index (χ0v) is 67.0. The van der Waals surface area contributed by atoms with Gasteiger partial charge in [-0.2, -0.15) is 39.3 Å². The van der Waals surface area contributed by atoms with Gasteiger partial charge in [0, 0.05) is 159 Å². The molecule has 40 heteroatoms. The van der Waals surface area contributed by atoms with Crippen LogP contribution in [0.5, 0.6) is 0 Å². The molecule has 121 heavy (non-hydrogen) atoms. The molecule has 6 aliphatic heterocycles. The number of H-pyrrole nitrogens is 1. The van der Waals surface area contributed by atoms with Crippen molar-refractivity contribution in [2.45, 2.75) is 101 Å². The first kappa shape index (κ1) is 80.8. The lowest BCUT2D eigenvalue weighted by Crippen LogP contribution is -2.64. The summed E-state index contributed by atoms with van der Waals surface area (Å²) in [4.78, 5) is 155. The first-order chi connectivity index (χ1) is 58.3. The summed E-state index contributed by atoms with van der Waals surface area (Å²) in [6, 6.07) is 28.8. The number of fused-ring (bicyclic) bond motifs is 4. The largest absolute Gasteiger partial charge is 0.385 e. The van der Waals surface area contributed by atoms with Crippen LogP contribution in [0.2, 0.25) is 0 Å². The minimum Gasteiger partial charge on any atom is -0.385 e. The zero-order valence-electron chi connectivity index (χ0n) is 65.4. The molecule has 12 heterocycles. The van der Waals surface area contributed by atoms with E-state index in [1.807, 2.05) is 6.07 Å². The van der Waals surface area contributed by atoms with Crippen molar-refractivity contribution in [3.63, 3.8) is 0 Å². The predicted octanol–water partition coefficient (Wildman–Crippen LogP) is 5.53. The monoisotopic (exact) mass is 1680 g/mol. The lowest BCUT2D eigenvalue weighted by Gasteiger charge is -2.47. The van der Waals surface area contributed by atoms with E-state index in [-0.39, 0.29) is 135 Å². The van der Waals surface area contributed by atoms with Crippen LogP contribution in [0, 0.1) is 22.7 Å². The van der Waals surface area contributed by atoms with E-state index in [1.54, 1.807) is 137 Å². The van der Waals surface area contributed by atoms with E-state index in [2.05, 4.69) is 64.4 Å². The number of aromatic nitrogens is 10. The summed E-state index contributed by atoms with van der Waals surface area (Å²) in [7, 11) is -6.28. The molecular weight excluding hydrogens is 1600 g/mol. The highest BCUT2D eigenvalue weighted by Crippen LogP contribution is 2.41. The highest BCUT2D eigenvalue weighted by atomic mass is 32.2. The van der Waals surface area contributed by atoms with Gasteiger partial charge in [0.1, 0.15) is 34.5 Å². The molecule has 2 atom stereocenters. The summed E-state index contributed by atoms with van der Waals surface area (Å²) in [5.41, 5.74) is 4.20. The average molecular weight is 1680 g/mol. The van der Waals surface area contributed by atoms with Gasteiger partial charge in [-0.3, -0.25) is 77.3 Å². The van der Waals surface area contributed by atoms with Gasteiger partial charge in [-0.25, -0.2) is 26.8 Å². The fourth-order valence-corrected chi connectivity index (χ4v) is 18.7. The number of nitriles is 2. The first-order valence-corrected chi connectivity index (χ1v) is 42.5. The molecule has 6 aromatic heterocycles. The Morgan fingerprint density at radius 1 is 0.587 bits per heavy atom. The molecule has 10 amide bonds. The molecule has 4 saturated heterocycles. The summed E-state index contributed by atoms with van der Waals surface area (Å²) < 4.78 is 62.3. The zero-order chi connectivity index (χ0) is 84.8. The Balaban J connectivity index is 0.540. The molecule has 0 saturated carbocycles. The fraction of sp³-hybridized carbons (Fsp3) is 0.333. The molecule has 8 N–H and O–H groups in total. The number of likely N-dealkylation sites (N-methyl/N-ethyl adjacent to an activating group) is 1. The first-order valence-electron chi connectivity index (χ1n) is 39.2. The van der Waals surface area contributed by atoms with E-state index in [0.29, 0.717) is 130 Å². The maximum Gasteiger partial charge on any atom is 0.264 e. The molecule has 0 aliphatic carbocycles. The summed E-state index contributed by atoms with van der Waals surface area (Å²) >= 11 is 0. The number of rotatable bonds is 32. The molecule has 2 unspecified atom stereocenters. The number of anilines is 6. The second kappa shape index (κ2) is 32.7. The lowest BCUT2D eigenvalue weighted by molar-refractivity contribution is -0.149. The molecule has 16 rings (SSSR count). The summed E-state index contributed by atoms with van der Waals surface area (Å²) in [6.07, 6.45) is 12.4. The molecule has 10 aromatic rings. The number of hydrogen-bond acceptors (Lipinski definition) is 26. The number of carbonyl (C=O) groups is 10. The molecule has 0 spiro atoms. The number of nitrogens with zero attached hydrogens (tertiary/aromatic N) is 16. The Bertz CT molecular complexity index is 6250. The van der Waals surface area contributed by atoms with Crippen molar-refractivity contribution in [3.05, 3.63) is 168 Å². The van der Waals surface area contributed by atoms with Gasteiger partial charge in [0.25, 0.3) is 41.4 Å². The Labute approximate surface area is 691 Å². The highest BCUT2D eigenvalue weighted by molar-refractivity contribution is 7.89. The van der Waals surface area contributed by atoms with E-state index in [0.717, 1.165) is 14.7 Å². The standard InChI is InChI=1S/C81H80N24O14S2/c1-3-120(116,117)100-44-80(45-100,27-29-82)103-43-51(41-90-103)67-58-26-36-99(69(58)97-79(95-67)92-53-17-13-49(14-18-53)71(109)88-34-7-5-32-85-60-10-8-9-56-65(60)77(115)105(74(56)112)62-22-24-64(107)98(2)76(62)114)37-38-121(118,119)101-46-81(47-101,28-30-83)102-42-50(40-89-102)66-57-25-35-86-68(57)96-78(94-66)91-52-15-11-48(12-16-52)70(108)87-33-6-4-31-84-54-19-20-55-59(39-54)75(113)104(73(55)111)61-21-23-63(106)93-72(61)110/h8-20,25-26,35-36,39-43,61-62,84-85H,3-7,21-24,27-28,31-34,37-38,44-47H2,1-2H3,(H,87,108)(H,88,109)(H,92,95,97)(H,93,106,110)(H2,86,91,94,96). The smallest absolute Gasteiger partial charge is 0.264 e. The van der Waals surface area contributed by atoms with Crippen LogP contribution in [-0.4, -0.2) is 231 Å². The number of aromatic amines is 1. The van der Waals surface area contributed by atoms with Crippen molar-refractivity contribution < 1.29 is 64.8 Å². The molecule has 620 valence electrons. The molecular formula is C81H80N24O14S2. The van der Waals surface area contributed by atoms with Gasteiger partial charge < -0.3 is 41.5 Å². The second-order valence-electron chi connectivity index (χ2n) is 30.4. The van der Waals surface area contributed by atoms with Crippen molar-refractivity contribution in [2.24, 2.45) is 0 Å². The van der Waals surface area contributed by atoms with Gasteiger partial charge in [0.2, 0.25) is 49.7 Å². The van der Waals surface area contributed by atoms with E-state index >= 15 is 0 Å². The number of unbranched alkanes of at least 4 members (excludes halogenated alkanes) is 2. The van der Waals surface area contributed by atoms with Crippen LogP contribution in [-0.2, 0) is 56.8 Å². The Kier molecular flexibility index (Phi) is 21.9. The van der Waals surface area contributed by atoms with Crippen molar-refractivity contribution in [1.29, 1.82) is 10.5 Å². The lowest BCUT2D eigenvalue weighted by atomic mass is 9.89. The number of sulfonamides is 2. The van der Waals surface area contributed by atoms with E-state index < -0.39 is 84.6 Å². The van der Waals surface area contributed by atoms with Crippen molar-refractivity contribution in [2.75, 3.05) is 92.2 Å². The van der Waals surface area contributed by atoms with Gasteiger partial charge in [0.15, 0.2) is 0 Å². The second-order valence-corrected chi connectivity index (χ2v) is 34.8. The third-order valence-corrected chi connectivity index (χ3v) is 26.2. The average Bonchev–Trinajstić information content (AvgIpc) is 1.73. The number of benzene rings is 4. The molecule has 4 aromatic carbocycles. The Hall–Kier alpha value is -14.0. The Morgan fingerprint density at radius 2 is 1.14 bits per heavy atom. The van der Waals surface area contributed by atoms with Gasteiger partial charge >= 0.3 is 0 Å². The van der Waals surface area contributed by atoms with Gasteiger partial charge in [-0.1, -0.05) is 6.07 Å². The molecule has 6 aliphatic rings. The van der Waals surface area contributed by atoms with Gasteiger partial charge in [-0.15, -0.1) is 0 Å². The quantitative estimate of drug-likeness (QED) is 0.0190.